The van der Waals surface area contributed by atoms with E-state index in [1.807, 2.05) is 12.3 Å². The number of rotatable bonds is 3. The number of hydrogen-bond acceptors (Lipinski definition) is 3. The predicted molar refractivity (Wildman–Crippen MR) is 65.6 cm³/mol. The summed E-state index contributed by atoms with van der Waals surface area (Å²) in [6, 6.07) is 0.404. The Morgan fingerprint density at radius 3 is 2.88 bits per heavy atom. The number of amides is 1. The number of nitrogens with zero attached hydrogens (tertiary/aromatic N) is 1. The van der Waals surface area contributed by atoms with Gasteiger partial charge in [0, 0.05) is 11.4 Å². The zero-order valence-electron chi connectivity index (χ0n) is 9.66. The van der Waals surface area contributed by atoms with E-state index in [0.717, 1.165) is 23.5 Å². The van der Waals surface area contributed by atoms with Crippen LogP contribution in [0.3, 0.4) is 0 Å². The Balaban J connectivity index is 1.79. The Labute approximate surface area is 100 Å². The molecule has 1 heterocycles. The Morgan fingerprint density at radius 2 is 2.25 bits per heavy atom. The molecule has 0 radical (unpaired) electrons. The molecule has 0 unspecified atom stereocenters. The molecule has 0 saturated heterocycles. The number of aryl methyl sites for hydroxylation is 1. The van der Waals surface area contributed by atoms with Gasteiger partial charge in [-0.2, -0.15) is 0 Å². The molecule has 1 N–H and O–H groups in total. The van der Waals surface area contributed by atoms with Crippen molar-refractivity contribution in [1.82, 2.24) is 10.3 Å². The van der Waals surface area contributed by atoms with Crippen molar-refractivity contribution in [1.29, 1.82) is 0 Å². The highest BCUT2D eigenvalue weighted by Gasteiger charge is 2.16. The molecule has 1 aromatic rings. The number of carbonyl (C=O) groups is 1. The second-order valence-electron chi connectivity index (χ2n) is 4.44. The number of nitrogens with one attached hydrogen (secondary N) is 1. The van der Waals surface area contributed by atoms with Crippen molar-refractivity contribution in [2.45, 2.75) is 51.5 Å². The van der Waals surface area contributed by atoms with Crippen molar-refractivity contribution in [2.75, 3.05) is 0 Å². The molecule has 88 valence electrons. The van der Waals surface area contributed by atoms with Gasteiger partial charge in [-0.3, -0.25) is 4.79 Å². The lowest BCUT2D eigenvalue weighted by Crippen LogP contribution is -2.37. The fourth-order valence-electron chi connectivity index (χ4n) is 2.18. The molecule has 0 aliphatic heterocycles. The summed E-state index contributed by atoms with van der Waals surface area (Å²) in [5, 5.41) is 6.10. The molecule has 4 heteroatoms. The van der Waals surface area contributed by atoms with Crippen LogP contribution in [0.2, 0.25) is 0 Å². The van der Waals surface area contributed by atoms with Gasteiger partial charge >= 0.3 is 0 Å². The van der Waals surface area contributed by atoms with Crippen molar-refractivity contribution in [2.24, 2.45) is 0 Å². The predicted octanol–water partition coefficient (Wildman–Crippen LogP) is 2.44. The molecule has 1 saturated carbocycles. The zero-order chi connectivity index (χ0) is 11.4. The molecule has 0 aromatic carbocycles. The minimum absolute atomic E-state index is 0.122. The molecule has 0 bridgehead atoms. The van der Waals surface area contributed by atoms with Crippen LogP contribution in [0.25, 0.3) is 0 Å². The van der Waals surface area contributed by atoms with Gasteiger partial charge in [0.2, 0.25) is 5.91 Å². The van der Waals surface area contributed by atoms with Gasteiger partial charge in [-0.25, -0.2) is 4.98 Å². The number of aromatic nitrogens is 1. The van der Waals surface area contributed by atoms with Gasteiger partial charge in [-0.05, 0) is 19.8 Å². The molecule has 1 fully saturated rings. The van der Waals surface area contributed by atoms with Crippen LogP contribution in [0, 0.1) is 6.92 Å². The first-order valence-corrected chi connectivity index (χ1v) is 6.82. The highest BCUT2D eigenvalue weighted by molar-refractivity contribution is 7.09. The molecule has 0 spiro atoms. The van der Waals surface area contributed by atoms with Crippen LogP contribution in [0.4, 0.5) is 0 Å². The lowest BCUT2D eigenvalue weighted by molar-refractivity contribution is -0.121. The van der Waals surface area contributed by atoms with E-state index in [2.05, 4.69) is 10.3 Å². The van der Waals surface area contributed by atoms with Gasteiger partial charge in [0.25, 0.3) is 0 Å². The first-order chi connectivity index (χ1) is 7.74. The third-order valence-electron chi connectivity index (χ3n) is 2.98. The van der Waals surface area contributed by atoms with Crippen LogP contribution >= 0.6 is 11.3 Å². The van der Waals surface area contributed by atoms with Crippen molar-refractivity contribution in [3.05, 3.63) is 16.1 Å². The average Bonchev–Trinajstić information content (AvgIpc) is 2.65. The minimum atomic E-state index is 0.122. The third-order valence-corrected chi connectivity index (χ3v) is 3.80. The van der Waals surface area contributed by atoms with Crippen molar-refractivity contribution >= 4 is 17.2 Å². The summed E-state index contributed by atoms with van der Waals surface area (Å²) >= 11 is 1.60. The third kappa shape index (κ3) is 3.30. The fraction of sp³-hybridized carbons (Fsp3) is 0.667. The molecule has 1 aliphatic rings. The molecule has 0 atom stereocenters. The maximum Gasteiger partial charge on any atom is 0.226 e. The topological polar surface area (TPSA) is 42.0 Å². The van der Waals surface area contributed by atoms with Crippen LogP contribution in [0.15, 0.2) is 5.38 Å². The number of thiazole rings is 1. The van der Waals surface area contributed by atoms with Gasteiger partial charge in [-0.1, -0.05) is 19.3 Å². The Bertz CT molecular complexity index is 356. The summed E-state index contributed by atoms with van der Waals surface area (Å²) < 4.78 is 0. The second kappa shape index (κ2) is 5.43. The first-order valence-electron chi connectivity index (χ1n) is 5.94. The number of hydrogen-bond donors (Lipinski definition) is 1. The standard InChI is InChI=1S/C12H18N2OS/c1-9-13-11(8-16-9)7-12(15)14-10-5-3-2-4-6-10/h8,10H,2-7H2,1H3,(H,14,15). The maximum absolute atomic E-state index is 11.7. The SMILES string of the molecule is Cc1nc(CC(=O)NC2CCCCC2)cs1. The van der Waals surface area contributed by atoms with Gasteiger partial charge in [-0.15, -0.1) is 11.3 Å². The van der Waals surface area contributed by atoms with Crippen molar-refractivity contribution in [3.63, 3.8) is 0 Å². The summed E-state index contributed by atoms with van der Waals surface area (Å²) in [6.45, 7) is 1.97. The normalized spacial score (nSPS) is 17.3. The molecule has 2 rings (SSSR count). The highest BCUT2D eigenvalue weighted by atomic mass is 32.1. The molecule has 3 nitrogen and oxygen atoms in total. The molecular formula is C12H18N2OS. The van der Waals surface area contributed by atoms with Crippen molar-refractivity contribution < 1.29 is 4.79 Å². The van der Waals surface area contributed by atoms with Crippen LogP contribution in [0.1, 0.15) is 42.8 Å². The minimum Gasteiger partial charge on any atom is -0.353 e. The molecular weight excluding hydrogens is 220 g/mol. The van der Waals surface area contributed by atoms with E-state index in [4.69, 9.17) is 0 Å². The average molecular weight is 238 g/mol. The monoisotopic (exact) mass is 238 g/mol. The molecule has 1 aromatic heterocycles. The molecule has 16 heavy (non-hydrogen) atoms. The van der Waals surface area contributed by atoms with Gasteiger partial charge in [0.15, 0.2) is 0 Å². The quantitative estimate of drug-likeness (QED) is 0.879. The molecule has 1 amide bonds. The van der Waals surface area contributed by atoms with E-state index < -0.39 is 0 Å². The van der Waals surface area contributed by atoms with E-state index in [1.165, 1.54) is 19.3 Å². The fourth-order valence-corrected chi connectivity index (χ4v) is 2.79. The van der Waals surface area contributed by atoms with E-state index >= 15 is 0 Å². The largest absolute Gasteiger partial charge is 0.353 e. The van der Waals surface area contributed by atoms with Gasteiger partial charge in [0.1, 0.15) is 0 Å². The Kier molecular flexibility index (Phi) is 3.93. The second-order valence-corrected chi connectivity index (χ2v) is 5.50. The maximum atomic E-state index is 11.7. The lowest BCUT2D eigenvalue weighted by Gasteiger charge is -2.22. The van der Waals surface area contributed by atoms with Crippen LogP contribution in [-0.4, -0.2) is 16.9 Å². The van der Waals surface area contributed by atoms with Gasteiger partial charge < -0.3 is 5.32 Å². The van der Waals surface area contributed by atoms with Crippen molar-refractivity contribution in [3.8, 4) is 0 Å². The van der Waals surface area contributed by atoms with E-state index in [9.17, 15) is 4.79 Å². The number of carbonyl (C=O) groups excluding carboxylic acids is 1. The van der Waals surface area contributed by atoms with E-state index in [1.54, 1.807) is 11.3 Å². The van der Waals surface area contributed by atoms with E-state index in [-0.39, 0.29) is 5.91 Å². The lowest BCUT2D eigenvalue weighted by atomic mass is 9.95. The van der Waals surface area contributed by atoms with Gasteiger partial charge in [0.05, 0.1) is 17.1 Å². The van der Waals surface area contributed by atoms with E-state index in [0.29, 0.717) is 12.5 Å². The Morgan fingerprint density at radius 1 is 1.50 bits per heavy atom. The van der Waals surface area contributed by atoms with Crippen LogP contribution in [0.5, 0.6) is 0 Å². The summed E-state index contributed by atoms with van der Waals surface area (Å²) in [6.07, 6.45) is 6.53. The summed E-state index contributed by atoms with van der Waals surface area (Å²) in [4.78, 5) is 16.0. The summed E-state index contributed by atoms with van der Waals surface area (Å²) in [5.41, 5.74) is 0.899. The van der Waals surface area contributed by atoms with Crippen LogP contribution in [-0.2, 0) is 11.2 Å². The Hall–Kier alpha value is -0.900. The smallest absolute Gasteiger partial charge is 0.226 e. The first kappa shape index (κ1) is 11.6. The summed E-state index contributed by atoms with van der Waals surface area (Å²) in [7, 11) is 0. The highest BCUT2D eigenvalue weighted by Crippen LogP contribution is 2.17. The summed E-state index contributed by atoms with van der Waals surface area (Å²) in [5.74, 6) is 0.122. The molecule has 1 aliphatic carbocycles. The zero-order valence-corrected chi connectivity index (χ0v) is 10.5. The van der Waals surface area contributed by atoms with Crippen LogP contribution < -0.4 is 5.32 Å².